The van der Waals surface area contributed by atoms with Crippen LogP contribution in [0.15, 0.2) is 36.4 Å². The molecule has 0 spiro atoms. The quantitative estimate of drug-likeness (QED) is 0.891. The van der Waals surface area contributed by atoms with Crippen LogP contribution in [0.25, 0.3) is 0 Å². The number of carbonyl (C=O) groups excluding carboxylic acids is 2. The van der Waals surface area contributed by atoms with E-state index in [1.165, 1.54) is 4.90 Å². The third-order valence-electron chi connectivity index (χ3n) is 3.22. The Kier molecular flexibility index (Phi) is 4.03. The number of amides is 2. The summed E-state index contributed by atoms with van der Waals surface area (Å²) >= 11 is 6.00. The Morgan fingerprint density at radius 2 is 2.13 bits per heavy atom. The monoisotopic (exact) mass is 332 g/mol. The van der Waals surface area contributed by atoms with Gasteiger partial charge >= 0.3 is 0 Å². The Balaban J connectivity index is 1.80. The van der Waals surface area contributed by atoms with E-state index in [-0.39, 0.29) is 30.7 Å². The van der Waals surface area contributed by atoms with Crippen molar-refractivity contribution in [2.24, 2.45) is 0 Å². The summed E-state index contributed by atoms with van der Waals surface area (Å²) in [7, 11) is 0. The first-order valence-corrected chi connectivity index (χ1v) is 7.16. The molecule has 3 rings (SSSR count). The Morgan fingerprint density at radius 1 is 1.35 bits per heavy atom. The van der Waals surface area contributed by atoms with Gasteiger partial charge in [-0.05, 0) is 24.3 Å². The summed E-state index contributed by atoms with van der Waals surface area (Å²) in [6, 6.07) is 10.0. The first kappa shape index (κ1) is 15.1. The van der Waals surface area contributed by atoms with E-state index < -0.39 is 5.91 Å². The van der Waals surface area contributed by atoms with Crippen LogP contribution in [0, 0.1) is 0 Å². The van der Waals surface area contributed by atoms with Crippen molar-refractivity contribution in [2.75, 3.05) is 29.1 Å². The molecule has 0 saturated carbocycles. The molecular formula is C15H13ClN4O3. The molecule has 118 valence electrons. The molecule has 2 heterocycles. The molecule has 1 aliphatic rings. The van der Waals surface area contributed by atoms with Crippen molar-refractivity contribution in [2.45, 2.75) is 0 Å². The third-order valence-corrected chi connectivity index (χ3v) is 3.55. The lowest BCUT2D eigenvalue weighted by atomic mass is 10.3. The van der Waals surface area contributed by atoms with Crippen molar-refractivity contribution in [3.63, 3.8) is 0 Å². The normalized spacial score (nSPS) is 13.3. The molecule has 23 heavy (non-hydrogen) atoms. The van der Waals surface area contributed by atoms with Crippen LogP contribution < -0.4 is 20.7 Å². The summed E-state index contributed by atoms with van der Waals surface area (Å²) in [6.45, 7) is -0.366. The fourth-order valence-corrected chi connectivity index (χ4v) is 2.33. The Labute approximate surface area is 137 Å². The number of nitrogens with zero attached hydrogens (tertiary/aromatic N) is 2. The van der Waals surface area contributed by atoms with Crippen LogP contribution in [0.2, 0.25) is 5.02 Å². The maximum Gasteiger partial charge on any atom is 0.266 e. The molecule has 2 amide bonds. The molecule has 0 fully saturated rings. The Morgan fingerprint density at radius 3 is 2.91 bits per heavy atom. The van der Waals surface area contributed by atoms with Gasteiger partial charge < -0.3 is 15.8 Å². The summed E-state index contributed by atoms with van der Waals surface area (Å²) in [5, 5.41) is 3.07. The number of anilines is 3. The highest BCUT2D eigenvalue weighted by Crippen LogP contribution is 2.30. The van der Waals surface area contributed by atoms with E-state index in [9.17, 15) is 9.59 Å². The van der Waals surface area contributed by atoms with Crippen molar-refractivity contribution in [1.29, 1.82) is 0 Å². The largest absolute Gasteiger partial charge is 0.480 e. The molecule has 1 aromatic heterocycles. The molecule has 0 aliphatic carbocycles. The lowest BCUT2D eigenvalue weighted by Crippen LogP contribution is -2.44. The highest BCUT2D eigenvalue weighted by atomic mass is 35.5. The number of hydrogen-bond acceptors (Lipinski definition) is 5. The number of rotatable bonds is 3. The minimum atomic E-state index is -0.400. The molecule has 0 saturated heterocycles. The lowest BCUT2D eigenvalue weighted by molar-refractivity contribution is -0.123. The zero-order valence-corrected chi connectivity index (χ0v) is 12.7. The third kappa shape index (κ3) is 3.19. The maximum absolute atomic E-state index is 12.2. The number of para-hydroxylation sites is 1. The molecule has 0 atom stereocenters. The zero-order chi connectivity index (χ0) is 16.4. The minimum absolute atomic E-state index is 0.155. The Bertz CT molecular complexity index is 781. The van der Waals surface area contributed by atoms with Gasteiger partial charge in [-0.25, -0.2) is 4.98 Å². The van der Waals surface area contributed by atoms with Gasteiger partial charge in [0, 0.05) is 0 Å². The fraction of sp³-hybridized carbons (Fsp3) is 0.133. The van der Waals surface area contributed by atoms with Crippen LogP contribution in [0.1, 0.15) is 0 Å². The molecule has 0 bridgehead atoms. The van der Waals surface area contributed by atoms with Gasteiger partial charge in [0.2, 0.25) is 5.91 Å². The van der Waals surface area contributed by atoms with Gasteiger partial charge in [0.05, 0.1) is 10.7 Å². The van der Waals surface area contributed by atoms with Gasteiger partial charge in [0.25, 0.3) is 5.91 Å². The molecule has 2 aromatic rings. The second-order valence-electron chi connectivity index (χ2n) is 4.85. The molecule has 7 nitrogen and oxygen atoms in total. The number of nitrogens with two attached hydrogens (primary N) is 1. The summed E-state index contributed by atoms with van der Waals surface area (Å²) in [4.78, 5) is 29.6. The van der Waals surface area contributed by atoms with Gasteiger partial charge in [0.15, 0.2) is 18.2 Å². The maximum atomic E-state index is 12.2. The van der Waals surface area contributed by atoms with Crippen LogP contribution in [-0.2, 0) is 9.59 Å². The van der Waals surface area contributed by atoms with E-state index in [0.29, 0.717) is 16.5 Å². The molecule has 1 aliphatic heterocycles. The van der Waals surface area contributed by atoms with Crippen molar-refractivity contribution >= 4 is 40.7 Å². The zero-order valence-electron chi connectivity index (χ0n) is 12.0. The standard InChI is InChI=1S/C15H13ClN4O3/c16-9-3-1-2-4-10(9)18-13(21)7-20-14(22)8-23-11-5-6-12(17)19-15(11)20/h1-6H,7-8H2,(H2,17,19)(H,18,21). The average molecular weight is 333 g/mol. The van der Waals surface area contributed by atoms with Gasteiger partial charge in [-0.15, -0.1) is 0 Å². The summed E-state index contributed by atoms with van der Waals surface area (Å²) < 4.78 is 5.28. The topological polar surface area (TPSA) is 97.5 Å². The lowest BCUT2D eigenvalue weighted by Gasteiger charge is -2.27. The molecule has 3 N–H and O–H groups in total. The highest BCUT2D eigenvalue weighted by Gasteiger charge is 2.29. The SMILES string of the molecule is Nc1ccc2c(n1)N(CC(=O)Nc1ccccc1Cl)C(=O)CO2. The number of nitrogens with one attached hydrogen (secondary N) is 1. The second-order valence-corrected chi connectivity index (χ2v) is 5.26. The van der Waals surface area contributed by atoms with Crippen LogP contribution in [0.3, 0.4) is 0 Å². The first-order valence-electron chi connectivity index (χ1n) is 6.78. The number of carbonyl (C=O) groups is 2. The van der Waals surface area contributed by atoms with Gasteiger partial charge in [-0.1, -0.05) is 23.7 Å². The molecular weight excluding hydrogens is 320 g/mol. The van der Waals surface area contributed by atoms with E-state index in [1.54, 1.807) is 36.4 Å². The predicted molar refractivity (Wildman–Crippen MR) is 86.6 cm³/mol. The highest BCUT2D eigenvalue weighted by molar-refractivity contribution is 6.33. The number of pyridine rings is 1. The van der Waals surface area contributed by atoms with Crippen molar-refractivity contribution in [3.8, 4) is 5.75 Å². The molecule has 8 heteroatoms. The van der Waals surface area contributed by atoms with E-state index in [2.05, 4.69) is 10.3 Å². The summed E-state index contributed by atoms with van der Waals surface area (Å²) in [5.41, 5.74) is 6.11. The van der Waals surface area contributed by atoms with E-state index in [0.717, 1.165) is 0 Å². The van der Waals surface area contributed by atoms with Crippen molar-refractivity contribution in [3.05, 3.63) is 41.4 Å². The first-order chi connectivity index (χ1) is 11.0. The van der Waals surface area contributed by atoms with Crippen LogP contribution in [0.5, 0.6) is 5.75 Å². The number of ether oxygens (including phenoxy) is 1. The number of hydrogen-bond donors (Lipinski definition) is 2. The van der Waals surface area contributed by atoms with Gasteiger partial charge in [-0.2, -0.15) is 0 Å². The summed E-state index contributed by atoms with van der Waals surface area (Å²) in [6.07, 6.45) is 0. The van der Waals surface area contributed by atoms with E-state index >= 15 is 0 Å². The van der Waals surface area contributed by atoms with Crippen LogP contribution in [-0.4, -0.2) is 29.9 Å². The number of benzene rings is 1. The van der Waals surface area contributed by atoms with Crippen molar-refractivity contribution in [1.82, 2.24) is 4.98 Å². The van der Waals surface area contributed by atoms with Crippen LogP contribution in [0.4, 0.5) is 17.3 Å². The Hall–Kier alpha value is -2.80. The number of fused-ring (bicyclic) bond motifs is 1. The number of aromatic nitrogens is 1. The smallest absolute Gasteiger partial charge is 0.266 e. The fourth-order valence-electron chi connectivity index (χ4n) is 2.15. The molecule has 0 radical (unpaired) electrons. The van der Waals surface area contributed by atoms with Gasteiger partial charge in [0.1, 0.15) is 12.4 Å². The second kappa shape index (κ2) is 6.13. The van der Waals surface area contributed by atoms with E-state index in [4.69, 9.17) is 22.1 Å². The average Bonchev–Trinajstić information content (AvgIpc) is 2.52. The van der Waals surface area contributed by atoms with E-state index in [1.807, 2.05) is 0 Å². The molecule has 0 unspecified atom stereocenters. The van der Waals surface area contributed by atoms with Gasteiger partial charge in [-0.3, -0.25) is 14.5 Å². The minimum Gasteiger partial charge on any atom is -0.480 e. The van der Waals surface area contributed by atoms with Crippen LogP contribution >= 0.6 is 11.6 Å². The molecule has 1 aromatic carbocycles. The summed E-state index contributed by atoms with van der Waals surface area (Å²) in [5.74, 6) is 0.104. The van der Waals surface area contributed by atoms with Crippen molar-refractivity contribution < 1.29 is 14.3 Å². The predicted octanol–water partition coefficient (Wildman–Crippen LogP) is 1.68. The number of halogens is 1. The number of nitrogen functional groups attached to an aromatic ring is 1.